The summed E-state index contributed by atoms with van der Waals surface area (Å²) in [5.74, 6) is 0. The van der Waals surface area contributed by atoms with Crippen LogP contribution in [0, 0.1) is 6.92 Å². The van der Waals surface area contributed by atoms with E-state index in [4.69, 9.17) is 10.8 Å². The molecule has 1 aromatic heterocycles. The van der Waals surface area contributed by atoms with E-state index < -0.39 is 0 Å². The molecule has 2 rings (SSSR count). The van der Waals surface area contributed by atoms with E-state index in [1.165, 1.54) is 0 Å². The SMILES string of the molecule is Cc1cc(N)c2cc(CO)sc2c1. The zero-order valence-electron chi connectivity index (χ0n) is 7.37. The molecule has 3 N–H and O–H groups in total. The standard InChI is InChI=1S/C10H11NOS/c1-6-2-9(11)8-4-7(5-12)13-10(8)3-6/h2-4,12H,5,11H2,1H3. The van der Waals surface area contributed by atoms with Crippen LogP contribution >= 0.6 is 11.3 Å². The highest BCUT2D eigenvalue weighted by molar-refractivity contribution is 7.19. The van der Waals surface area contributed by atoms with Crippen molar-refractivity contribution in [1.82, 2.24) is 0 Å². The smallest absolute Gasteiger partial charge is 0.0774 e. The van der Waals surface area contributed by atoms with E-state index in [0.717, 1.165) is 26.2 Å². The van der Waals surface area contributed by atoms with Crippen molar-refractivity contribution < 1.29 is 5.11 Å². The number of hydrogen-bond donors (Lipinski definition) is 2. The van der Waals surface area contributed by atoms with E-state index in [1.54, 1.807) is 11.3 Å². The molecule has 0 unspecified atom stereocenters. The maximum atomic E-state index is 8.97. The van der Waals surface area contributed by atoms with E-state index in [-0.39, 0.29) is 6.61 Å². The van der Waals surface area contributed by atoms with Crippen LogP contribution in [-0.2, 0) is 6.61 Å². The number of aliphatic hydroxyl groups is 1. The molecule has 0 aliphatic heterocycles. The quantitative estimate of drug-likeness (QED) is 0.682. The molecule has 3 heteroatoms. The van der Waals surface area contributed by atoms with Crippen molar-refractivity contribution in [3.8, 4) is 0 Å². The molecule has 0 spiro atoms. The van der Waals surface area contributed by atoms with E-state index in [0.29, 0.717) is 0 Å². The second kappa shape index (κ2) is 3.01. The van der Waals surface area contributed by atoms with Crippen LogP contribution < -0.4 is 5.73 Å². The lowest BCUT2D eigenvalue weighted by molar-refractivity contribution is 0.285. The molecule has 0 radical (unpaired) electrons. The number of anilines is 1. The molecule has 68 valence electrons. The first-order valence-corrected chi connectivity index (χ1v) is 4.92. The largest absolute Gasteiger partial charge is 0.398 e. The van der Waals surface area contributed by atoms with E-state index in [1.807, 2.05) is 19.1 Å². The molecule has 0 saturated carbocycles. The van der Waals surface area contributed by atoms with Gasteiger partial charge in [0.1, 0.15) is 0 Å². The zero-order chi connectivity index (χ0) is 9.42. The van der Waals surface area contributed by atoms with Gasteiger partial charge in [-0.05, 0) is 30.7 Å². The van der Waals surface area contributed by atoms with Gasteiger partial charge in [0.15, 0.2) is 0 Å². The van der Waals surface area contributed by atoms with Crippen LogP contribution in [0.1, 0.15) is 10.4 Å². The molecule has 0 amide bonds. The average molecular weight is 193 g/mol. The number of nitrogens with two attached hydrogens (primary N) is 1. The van der Waals surface area contributed by atoms with Crippen LogP contribution in [0.5, 0.6) is 0 Å². The molecular formula is C10H11NOS. The molecule has 0 bridgehead atoms. The monoisotopic (exact) mass is 193 g/mol. The highest BCUT2D eigenvalue weighted by Gasteiger charge is 2.04. The summed E-state index contributed by atoms with van der Waals surface area (Å²) in [6.45, 7) is 2.12. The van der Waals surface area contributed by atoms with Crippen molar-refractivity contribution in [2.75, 3.05) is 5.73 Å². The Balaban J connectivity index is 2.75. The molecular weight excluding hydrogens is 182 g/mol. The summed E-state index contributed by atoms with van der Waals surface area (Å²) in [4.78, 5) is 0.965. The van der Waals surface area contributed by atoms with Crippen molar-refractivity contribution in [3.63, 3.8) is 0 Å². The third kappa shape index (κ3) is 1.41. The van der Waals surface area contributed by atoms with Crippen molar-refractivity contribution >= 4 is 27.1 Å². The maximum absolute atomic E-state index is 8.97. The van der Waals surface area contributed by atoms with Gasteiger partial charge in [-0.25, -0.2) is 0 Å². The van der Waals surface area contributed by atoms with E-state index >= 15 is 0 Å². The fourth-order valence-corrected chi connectivity index (χ4v) is 2.50. The topological polar surface area (TPSA) is 46.2 Å². The fraction of sp³-hybridized carbons (Fsp3) is 0.200. The second-order valence-electron chi connectivity index (χ2n) is 3.14. The van der Waals surface area contributed by atoms with Gasteiger partial charge in [0.2, 0.25) is 0 Å². The molecule has 0 atom stereocenters. The first kappa shape index (κ1) is 8.53. The maximum Gasteiger partial charge on any atom is 0.0774 e. The summed E-state index contributed by atoms with van der Waals surface area (Å²) in [5, 5.41) is 10.0. The number of fused-ring (bicyclic) bond motifs is 1. The lowest BCUT2D eigenvalue weighted by atomic mass is 10.1. The molecule has 0 aliphatic carbocycles. The number of thiophene rings is 1. The first-order chi connectivity index (χ1) is 6.20. The summed E-state index contributed by atoms with van der Waals surface area (Å²) in [7, 11) is 0. The Hall–Kier alpha value is -1.06. The van der Waals surface area contributed by atoms with Crippen LogP contribution in [0.3, 0.4) is 0 Å². The Bertz CT molecular complexity index is 447. The summed E-state index contributed by atoms with van der Waals surface area (Å²) in [6.07, 6.45) is 0. The predicted octanol–water partition coefficient (Wildman–Crippen LogP) is 2.28. The Morgan fingerprint density at radius 3 is 2.85 bits per heavy atom. The van der Waals surface area contributed by atoms with Gasteiger partial charge in [-0.2, -0.15) is 0 Å². The van der Waals surface area contributed by atoms with Gasteiger partial charge < -0.3 is 10.8 Å². The van der Waals surface area contributed by atoms with Crippen molar-refractivity contribution in [2.45, 2.75) is 13.5 Å². The molecule has 2 nitrogen and oxygen atoms in total. The summed E-state index contributed by atoms with van der Waals surface area (Å²) >= 11 is 1.60. The number of aliphatic hydroxyl groups excluding tert-OH is 1. The van der Waals surface area contributed by atoms with Crippen LogP contribution in [0.15, 0.2) is 18.2 Å². The normalized spacial score (nSPS) is 10.9. The number of rotatable bonds is 1. The van der Waals surface area contributed by atoms with Crippen molar-refractivity contribution in [1.29, 1.82) is 0 Å². The van der Waals surface area contributed by atoms with Crippen molar-refractivity contribution in [2.24, 2.45) is 0 Å². The minimum atomic E-state index is 0.0951. The number of hydrogen-bond acceptors (Lipinski definition) is 3. The second-order valence-corrected chi connectivity index (χ2v) is 4.31. The number of nitrogen functional groups attached to an aromatic ring is 1. The van der Waals surface area contributed by atoms with Crippen LogP contribution in [-0.4, -0.2) is 5.11 Å². The minimum absolute atomic E-state index is 0.0951. The fourth-order valence-electron chi connectivity index (χ4n) is 1.44. The molecule has 0 aliphatic rings. The number of aryl methyl sites for hydroxylation is 1. The van der Waals surface area contributed by atoms with Gasteiger partial charge in [0.05, 0.1) is 6.61 Å². The minimum Gasteiger partial charge on any atom is -0.398 e. The Kier molecular flexibility index (Phi) is 1.98. The van der Waals surface area contributed by atoms with E-state index in [2.05, 4.69) is 6.07 Å². The van der Waals surface area contributed by atoms with Gasteiger partial charge in [-0.15, -0.1) is 11.3 Å². The third-order valence-corrected chi connectivity index (χ3v) is 3.09. The summed E-state index contributed by atoms with van der Waals surface area (Å²) in [5.41, 5.74) is 7.81. The van der Waals surface area contributed by atoms with Gasteiger partial charge >= 0.3 is 0 Å². The van der Waals surface area contributed by atoms with Crippen LogP contribution in [0.25, 0.3) is 10.1 Å². The molecule has 0 fully saturated rings. The van der Waals surface area contributed by atoms with Gasteiger partial charge in [-0.1, -0.05) is 0 Å². The highest BCUT2D eigenvalue weighted by atomic mass is 32.1. The molecule has 1 aromatic carbocycles. The predicted molar refractivity (Wildman–Crippen MR) is 56.9 cm³/mol. The van der Waals surface area contributed by atoms with Gasteiger partial charge in [0, 0.05) is 20.7 Å². The van der Waals surface area contributed by atoms with Gasteiger partial charge in [0.25, 0.3) is 0 Å². The molecule has 1 heterocycles. The Labute approximate surface area is 80.6 Å². The number of benzene rings is 1. The third-order valence-electron chi connectivity index (χ3n) is 2.02. The Morgan fingerprint density at radius 1 is 1.38 bits per heavy atom. The molecule has 2 aromatic rings. The van der Waals surface area contributed by atoms with Crippen LogP contribution in [0.4, 0.5) is 5.69 Å². The summed E-state index contributed by atoms with van der Waals surface area (Å²) in [6, 6.07) is 6.00. The first-order valence-electron chi connectivity index (χ1n) is 4.10. The summed E-state index contributed by atoms with van der Waals surface area (Å²) < 4.78 is 1.15. The zero-order valence-corrected chi connectivity index (χ0v) is 8.19. The van der Waals surface area contributed by atoms with Gasteiger partial charge in [-0.3, -0.25) is 0 Å². The lowest BCUT2D eigenvalue weighted by Gasteiger charge is -1.97. The van der Waals surface area contributed by atoms with Crippen LogP contribution in [0.2, 0.25) is 0 Å². The lowest BCUT2D eigenvalue weighted by Crippen LogP contribution is -1.85. The molecule has 13 heavy (non-hydrogen) atoms. The molecule has 0 saturated heterocycles. The average Bonchev–Trinajstić information content (AvgIpc) is 2.47. The van der Waals surface area contributed by atoms with Crippen molar-refractivity contribution in [3.05, 3.63) is 28.6 Å². The Morgan fingerprint density at radius 2 is 2.15 bits per heavy atom. The highest BCUT2D eigenvalue weighted by Crippen LogP contribution is 2.30. The van der Waals surface area contributed by atoms with E-state index in [9.17, 15) is 0 Å².